The molecule has 14 nitrogen and oxygen atoms in total. The van der Waals surface area contributed by atoms with Crippen LogP contribution >= 0.6 is 0 Å². The molecular formula is C17H29N5O9. The third-order valence-electron chi connectivity index (χ3n) is 4.02. The molecule has 0 aliphatic heterocycles. The van der Waals surface area contributed by atoms with Crippen molar-refractivity contribution < 1.29 is 44.1 Å². The van der Waals surface area contributed by atoms with Gasteiger partial charge in [-0.1, -0.05) is 6.42 Å². The van der Waals surface area contributed by atoms with E-state index in [0.29, 0.717) is 25.8 Å². The van der Waals surface area contributed by atoms with Gasteiger partial charge in [-0.3, -0.25) is 24.0 Å². The first-order valence-electron chi connectivity index (χ1n) is 9.47. The number of hydrogen-bond acceptors (Lipinski definition) is 8. The molecule has 176 valence electrons. The van der Waals surface area contributed by atoms with Crippen molar-refractivity contribution >= 4 is 35.6 Å². The maximum absolute atomic E-state index is 12.2. The minimum absolute atomic E-state index is 0.349. The van der Waals surface area contributed by atoms with Gasteiger partial charge in [0.15, 0.2) is 0 Å². The fourth-order valence-corrected chi connectivity index (χ4v) is 2.36. The zero-order chi connectivity index (χ0) is 24.0. The number of aliphatic carboxylic acids is 3. The molecule has 0 aromatic carbocycles. The van der Waals surface area contributed by atoms with E-state index in [1.807, 2.05) is 5.32 Å². The summed E-state index contributed by atoms with van der Waals surface area (Å²) in [4.78, 5) is 68.9. The highest BCUT2D eigenvalue weighted by Crippen LogP contribution is 2.01. The van der Waals surface area contributed by atoms with Crippen LogP contribution in [0.15, 0.2) is 0 Å². The van der Waals surface area contributed by atoms with E-state index in [-0.39, 0.29) is 0 Å². The standard InChI is InChI=1S/C17H29N5O9/c18-6-2-1-3-9(19)15(28)20-8-12(23)21-11(7-14(26)27)16(29)22-10(17(30)31)4-5-13(24)25/h9-11H,1-8,18-19H2,(H,20,28)(H,21,23)(H,22,29)(H,24,25)(H,26,27)(H,30,31). The van der Waals surface area contributed by atoms with Gasteiger partial charge in [-0.05, 0) is 25.8 Å². The highest BCUT2D eigenvalue weighted by atomic mass is 16.4. The molecule has 0 heterocycles. The third kappa shape index (κ3) is 12.8. The molecule has 0 radical (unpaired) electrons. The van der Waals surface area contributed by atoms with E-state index in [9.17, 15) is 28.8 Å². The van der Waals surface area contributed by atoms with Crippen LogP contribution in [0, 0.1) is 0 Å². The molecule has 0 aliphatic carbocycles. The zero-order valence-corrected chi connectivity index (χ0v) is 16.8. The normalized spacial score (nSPS) is 13.4. The number of nitrogens with two attached hydrogens (primary N) is 2. The van der Waals surface area contributed by atoms with Gasteiger partial charge in [0.05, 0.1) is 19.0 Å². The van der Waals surface area contributed by atoms with Crippen molar-refractivity contribution in [1.82, 2.24) is 16.0 Å². The van der Waals surface area contributed by atoms with Crippen molar-refractivity contribution in [3.63, 3.8) is 0 Å². The van der Waals surface area contributed by atoms with Gasteiger partial charge in [0.1, 0.15) is 12.1 Å². The summed E-state index contributed by atoms with van der Waals surface area (Å²) in [5, 5.41) is 33.0. The van der Waals surface area contributed by atoms with Crippen molar-refractivity contribution in [2.45, 2.75) is 56.7 Å². The van der Waals surface area contributed by atoms with Crippen molar-refractivity contribution in [2.75, 3.05) is 13.1 Å². The second-order valence-electron chi connectivity index (χ2n) is 6.66. The Morgan fingerprint density at radius 1 is 0.806 bits per heavy atom. The molecule has 3 amide bonds. The van der Waals surface area contributed by atoms with E-state index in [2.05, 4.69) is 10.6 Å². The van der Waals surface area contributed by atoms with Crippen molar-refractivity contribution in [1.29, 1.82) is 0 Å². The number of carbonyl (C=O) groups is 6. The van der Waals surface area contributed by atoms with Crippen LogP contribution in [0.2, 0.25) is 0 Å². The highest BCUT2D eigenvalue weighted by Gasteiger charge is 2.28. The van der Waals surface area contributed by atoms with Gasteiger partial charge in [-0.15, -0.1) is 0 Å². The summed E-state index contributed by atoms with van der Waals surface area (Å²) in [6.07, 6.45) is -0.216. The lowest BCUT2D eigenvalue weighted by Crippen LogP contribution is -2.54. The van der Waals surface area contributed by atoms with Crippen LogP contribution in [0.4, 0.5) is 0 Å². The molecule has 31 heavy (non-hydrogen) atoms. The van der Waals surface area contributed by atoms with Gasteiger partial charge < -0.3 is 42.7 Å². The Kier molecular flexibility index (Phi) is 13.1. The van der Waals surface area contributed by atoms with Crippen LogP contribution in [0.5, 0.6) is 0 Å². The minimum Gasteiger partial charge on any atom is -0.481 e. The summed E-state index contributed by atoms with van der Waals surface area (Å²) in [7, 11) is 0. The van der Waals surface area contributed by atoms with E-state index in [4.69, 9.17) is 26.8 Å². The van der Waals surface area contributed by atoms with Gasteiger partial charge in [-0.2, -0.15) is 0 Å². The first-order valence-corrected chi connectivity index (χ1v) is 9.47. The largest absolute Gasteiger partial charge is 0.481 e. The van der Waals surface area contributed by atoms with Gasteiger partial charge in [0.25, 0.3) is 0 Å². The van der Waals surface area contributed by atoms with Crippen molar-refractivity contribution in [2.24, 2.45) is 11.5 Å². The first-order chi connectivity index (χ1) is 14.5. The Hall–Kier alpha value is -3.26. The highest BCUT2D eigenvalue weighted by molar-refractivity contribution is 5.94. The minimum atomic E-state index is -1.65. The summed E-state index contributed by atoms with van der Waals surface area (Å²) in [5.74, 6) is -6.91. The van der Waals surface area contributed by atoms with E-state index in [0.717, 1.165) is 0 Å². The Morgan fingerprint density at radius 2 is 1.45 bits per heavy atom. The molecule has 10 N–H and O–H groups in total. The Labute approximate surface area is 177 Å². The summed E-state index contributed by atoms with van der Waals surface area (Å²) in [6, 6.07) is -4.11. The summed E-state index contributed by atoms with van der Waals surface area (Å²) < 4.78 is 0. The zero-order valence-electron chi connectivity index (χ0n) is 16.8. The second-order valence-corrected chi connectivity index (χ2v) is 6.66. The molecule has 0 saturated carbocycles. The second kappa shape index (κ2) is 14.7. The summed E-state index contributed by atoms with van der Waals surface area (Å²) in [6.45, 7) is -0.142. The predicted octanol–water partition coefficient (Wildman–Crippen LogP) is -3.05. The topological polar surface area (TPSA) is 251 Å². The maximum atomic E-state index is 12.2. The molecule has 0 saturated heterocycles. The Bertz CT molecular complexity index is 670. The van der Waals surface area contributed by atoms with Crippen LogP contribution < -0.4 is 27.4 Å². The van der Waals surface area contributed by atoms with Gasteiger partial charge >= 0.3 is 17.9 Å². The summed E-state index contributed by atoms with van der Waals surface area (Å²) in [5.41, 5.74) is 11.0. The van der Waals surface area contributed by atoms with Gasteiger partial charge in [-0.25, -0.2) is 4.79 Å². The van der Waals surface area contributed by atoms with Crippen molar-refractivity contribution in [3.05, 3.63) is 0 Å². The molecule has 0 aromatic heterocycles. The SMILES string of the molecule is NCCCCC(N)C(=O)NCC(=O)NC(CC(=O)O)C(=O)NC(CCC(=O)O)C(=O)O. The lowest BCUT2D eigenvalue weighted by Gasteiger charge is -2.20. The molecular weight excluding hydrogens is 418 g/mol. The lowest BCUT2D eigenvalue weighted by molar-refractivity contribution is -0.144. The molecule has 0 aliphatic rings. The molecule has 3 unspecified atom stereocenters. The number of nitrogens with one attached hydrogen (secondary N) is 3. The maximum Gasteiger partial charge on any atom is 0.326 e. The average Bonchev–Trinajstić information content (AvgIpc) is 2.67. The van der Waals surface area contributed by atoms with Crippen LogP contribution in [0.3, 0.4) is 0 Å². The first kappa shape index (κ1) is 27.7. The molecule has 0 rings (SSSR count). The smallest absolute Gasteiger partial charge is 0.326 e. The number of carboxylic acid groups (broad SMARTS) is 3. The Morgan fingerprint density at radius 3 is 1.97 bits per heavy atom. The molecule has 0 aromatic rings. The lowest BCUT2D eigenvalue weighted by atomic mass is 10.1. The van der Waals surface area contributed by atoms with Gasteiger partial charge in [0, 0.05) is 6.42 Å². The van der Waals surface area contributed by atoms with Crippen LogP contribution in [-0.4, -0.2) is 82.2 Å². The number of hydrogen-bond donors (Lipinski definition) is 8. The molecule has 0 spiro atoms. The number of carbonyl (C=O) groups excluding carboxylic acids is 3. The van der Waals surface area contributed by atoms with E-state index in [1.165, 1.54) is 0 Å². The monoisotopic (exact) mass is 447 g/mol. The van der Waals surface area contributed by atoms with E-state index >= 15 is 0 Å². The van der Waals surface area contributed by atoms with Crippen LogP contribution in [0.1, 0.15) is 38.5 Å². The van der Waals surface area contributed by atoms with Crippen LogP contribution in [0.25, 0.3) is 0 Å². The third-order valence-corrected chi connectivity index (χ3v) is 4.02. The number of carboxylic acids is 3. The number of unbranched alkanes of at least 4 members (excludes halogenated alkanes) is 1. The Balaban J connectivity index is 4.84. The van der Waals surface area contributed by atoms with E-state index < -0.39 is 79.6 Å². The fourth-order valence-electron chi connectivity index (χ4n) is 2.36. The summed E-state index contributed by atoms with van der Waals surface area (Å²) >= 11 is 0. The van der Waals surface area contributed by atoms with Gasteiger partial charge in [0.2, 0.25) is 17.7 Å². The fraction of sp³-hybridized carbons (Fsp3) is 0.647. The van der Waals surface area contributed by atoms with Crippen LogP contribution in [-0.2, 0) is 28.8 Å². The molecule has 0 bridgehead atoms. The molecule has 3 atom stereocenters. The molecule has 14 heteroatoms. The van der Waals surface area contributed by atoms with Crippen molar-refractivity contribution in [3.8, 4) is 0 Å². The molecule has 0 fully saturated rings. The predicted molar refractivity (Wildman–Crippen MR) is 105 cm³/mol. The van der Waals surface area contributed by atoms with E-state index in [1.54, 1.807) is 0 Å². The average molecular weight is 447 g/mol. The quantitative estimate of drug-likeness (QED) is 0.110. The number of rotatable bonds is 16. The number of amides is 3.